The van der Waals surface area contributed by atoms with Gasteiger partial charge in [0.25, 0.3) is 11.8 Å². The Labute approximate surface area is 226 Å². The molecule has 18 heteroatoms. The number of carbonyl (C=O) groups excluding carboxylic acids is 3. The molecule has 0 spiro atoms. The van der Waals surface area contributed by atoms with Crippen LogP contribution in [0.5, 0.6) is 0 Å². The Kier molecular flexibility index (Phi) is 8.00. The molecule has 3 atom stereocenters. The molecule has 2 aliphatic heterocycles. The van der Waals surface area contributed by atoms with Crippen LogP contribution in [0.1, 0.15) is 19.5 Å². The lowest BCUT2D eigenvalue weighted by Crippen LogP contribution is -2.71. The molecule has 0 aliphatic carbocycles. The second kappa shape index (κ2) is 11.0. The van der Waals surface area contributed by atoms with Gasteiger partial charge in [0.2, 0.25) is 11.0 Å². The number of nitrogens with zero attached hydrogens (tertiary/aromatic N) is 5. The van der Waals surface area contributed by atoms with Gasteiger partial charge in [0.1, 0.15) is 29.9 Å². The Balaban J connectivity index is 1.50. The van der Waals surface area contributed by atoms with Gasteiger partial charge in [-0.15, -0.1) is 33.3 Å². The second-order valence-corrected chi connectivity index (χ2v) is 12.1. The number of aromatic nitrogens is 3. The van der Waals surface area contributed by atoms with Crippen molar-refractivity contribution < 1.29 is 29.1 Å². The number of anilines is 2. The molecule has 2 aliphatic rings. The van der Waals surface area contributed by atoms with Crippen molar-refractivity contribution in [3.63, 3.8) is 0 Å². The zero-order valence-corrected chi connectivity index (χ0v) is 22.7. The van der Waals surface area contributed by atoms with Crippen LogP contribution in [0.4, 0.5) is 10.3 Å². The van der Waals surface area contributed by atoms with Crippen molar-refractivity contribution in [2.24, 2.45) is 5.16 Å². The number of carboxylic acid groups (broad SMARTS) is 1. The number of fused-ring (bicyclic) bond motifs is 1. The molecular weight excluding hydrogens is 565 g/mol. The number of thioether (sulfide) groups is 2. The van der Waals surface area contributed by atoms with Gasteiger partial charge in [0, 0.05) is 23.3 Å². The van der Waals surface area contributed by atoms with Crippen LogP contribution in [0.3, 0.4) is 0 Å². The number of nitrogen functional groups attached to an aromatic ring is 1. The van der Waals surface area contributed by atoms with Crippen LogP contribution in [-0.4, -0.2) is 84.1 Å². The van der Waals surface area contributed by atoms with E-state index in [1.807, 2.05) is 0 Å². The van der Waals surface area contributed by atoms with E-state index in [9.17, 15) is 24.3 Å². The number of nitrogens with two attached hydrogens (primary N) is 1. The number of β-lactam (4-membered cyclic amide) rings is 1. The SMILES string of the molecule is CON=C(C(=O)N[C@@H]1C(=O)N2C(C(=O)O)=C(C(C)Sc3nnc(NC(C)=O)s3)CS[C@@H]12)c1csc(N)n1. The monoisotopic (exact) mass is 584 g/mol. The molecule has 196 valence electrons. The Morgan fingerprint density at radius 3 is 2.76 bits per heavy atom. The molecule has 4 heterocycles. The minimum Gasteiger partial charge on any atom is -0.477 e. The first-order valence-electron chi connectivity index (χ1n) is 10.4. The van der Waals surface area contributed by atoms with Crippen molar-refractivity contribution >= 4 is 85.9 Å². The van der Waals surface area contributed by atoms with Crippen LogP contribution in [0.2, 0.25) is 0 Å². The average molecular weight is 585 g/mol. The van der Waals surface area contributed by atoms with Crippen LogP contribution in [0.25, 0.3) is 0 Å². The molecule has 5 N–H and O–H groups in total. The maximum Gasteiger partial charge on any atom is 0.352 e. The van der Waals surface area contributed by atoms with E-state index in [1.165, 1.54) is 47.8 Å². The van der Waals surface area contributed by atoms with Gasteiger partial charge in [-0.3, -0.25) is 19.3 Å². The van der Waals surface area contributed by atoms with E-state index in [4.69, 9.17) is 10.6 Å². The molecule has 0 radical (unpaired) electrons. The zero-order chi connectivity index (χ0) is 26.9. The minimum absolute atomic E-state index is 0.121. The standard InChI is InChI=1S/C19H20N8O6S4/c1-6(36-19-25-24-18(37-19)21-7(2)28)8-4-34-15-11(14(30)27(15)12(8)16(31)32)23-13(29)10(26-33-3)9-5-35-17(20)22-9/h5-6,11,15H,4H2,1-3H3,(H2,20,22)(H,23,29)(H,31,32)(H,21,24,28)/t6?,11-,15+/m1/s1. The highest BCUT2D eigenvalue weighted by Gasteiger charge is 2.55. The number of hydrogen-bond donors (Lipinski definition) is 4. The fourth-order valence-corrected chi connectivity index (χ4v) is 7.78. The Bertz CT molecular complexity index is 1320. The first kappa shape index (κ1) is 26.8. The third kappa shape index (κ3) is 5.55. The number of nitrogens with one attached hydrogen (secondary N) is 2. The Morgan fingerprint density at radius 1 is 1.38 bits per heavy atom. The van der Waals surface area contributed by atoms with Crippen LogP contribution in [-0.2, 0) is 24.0 Å². The summed E-state index contributed by atoms with van der Waals surface area (Å²) in [5.74, 6) is -2.47. The Morgan fingerprint density at radius 2 is 2.14 bits per heavy atom. The molecule has 0 aromatic carbocycles. The summed E-state index contributed by atoms with van der Waals surface area (Å²) in [6.07, 6.45) is 0. The molecular formula is C19H20N8O6S4. The Hall–Kier alpha value is -3.22. The number of carboxylic acids is 1. The van der Waals surface area contributed by atoms with Gasteiger partial charge in [0.05, 0.1) is 0 Å². The number of amides is 3. The van der Waals surface area contributed by atoms with E-state index in [0.717, 1.165) is 22.7 Å². The first-order chi connectivity index (χ1) is 17.6. The number of hydrogen-bond acceptors (Lipinski definition) is 14. The fourth-order valence-electron chi connectivity index (χ4n) is 3.54. The molecule has 2 aromatic rings. The van der Waals surface area contributed by atoms with Gasteiger partial charge in [-0.05, 0) is 12.5 Å². The molecule has 3 amide bonds. The third-order valence-electron chi connectivity index (χ3n) is 5.11. The predicted molar refractivity (Wildman–Crippen MR) is 139 cm³/mol. The fraction of sp³-hybridized carbons (Fsp3) is 0.368. The highest BCUT2D eigenvalue weighted by atomic mass is 32.2. The summed E-state index contributed by atoms with van der Waals surface area (Å²) in [6.45, 7) is 3.16. The zero-order valence-electron chi connectivity index (χ0n) is 19.5. The van der Waals surface area contributed by atoms with Crippen LogP contribution in [0.15, 0.2) is 26.1 Å². The second-order valence-electron chi connectivity index (χ2n) is 7.55. The molecule has 14 nitrogen and oxygen atoms in total. The van der Waals surface area contributed by atoms with Crippen molar-refractivity contribution in [3.05, 3.63) is 22.3 Å². The van der Waals surface area contributed by atoms with Crippen molar-refractivity contribution in [1.29, 1.82) is 0 Å². The predicted octanol–water partition coefficient (Wildman–Crippen LogP) is 0.805. The van der Waals surface area contributed by atoms with E-state index >= 15 is 0 Å². The average Bonchev–Trinajstić information content (AvgIpc) is 3.47. The summed E-state index contributed by atoms with van der Waals surface area (Å²) in [5.41, 5.74) is 6.09. The van der Waals surface area contributed by atoms with Crippen LogP contribution >= 0.6 is 46.2 Å². The topological polar surface area (TPSA) is 202 Å². The molecule has 1 unspecified atom stereocenters. The minimum atomic E-state index is -1.25. The van der Waals surface area contributed by atoms with Crippen LogP contribution < -0.4 is 16.4 Å². The van der Waals surface area contributed by atoms with Gasteiger partial charge in [-0.1, -0.05) is 28.3 Å². The lowest BCUT2D eigenvalue weighted by Gasteiger charge is -2.49. The summed E-state index contributed by atoms with van der Waals surface area (Å²) in [7, 11) is 1.27. The summed E-state index contributed by atoms with van der Waals surface area (Å²) in [4.78, 5) is 59.3. The third-order valence-corrected chi connectivity index (χ3v) is 9.18. The smallest absolute Gasteiger partial charge is 0.352 e. The molecule has 2 aromatic heterocycles. The van der Waals surface area contributed by atoms with Crippen LogP contribution in [0, 0.1) is 0 Å². The molecule has 4 rings (SSSR count). The van der Waals surface area contributed by atoms with Crippen molar-refractivity contribution in [2.45, 2.75) is 34.9 Å². The van der Waals surface area contributed by atoms with E-state index in [-0.39, 0.29) is 33.4 Å². The number of thiazole rings is 1. The summed E-state index contributed by atoms with van der Waals surface area (Å²) in [5, 5.41) is 27.9. The summed E-state index contributed by atoms with van der Waals surface area (Å²) in [6, 6.07) is -0.960. The molecule has 37 heavy (non-hydrogen) atoms. The van der Waals surface area contributed by atoms with Crippen molar-refractivity contribution in [3.8, 4) is 0 Å². The highest BCUT2D eigenvalue weighted by Crippen LogP contribution is 2.44. The number of rotatable bonds is 9. The maximum atomic E-state index is 13.0. The summed E-state index contributed by atoms with van der Waals surface area (Å²) < 4.78 is 0.535. The van der Waals surface area contributed by atoms with E-state index in [0.29, 0.717) is 20.8 Å². The molecule has 0 bridgehead atoms. The lowest BCUT2D eigenvalue weighted by atomic mass is 10.0. The van der Waals surface area contributed by atoms with Gasteiger partial charge >= 0.3 is 5.97 Å². The van der Waals surface area contributed by atoms with E-state index in [1.54, 1.807) is 6.92 Å². The normalized spacial score (nSPS) is 20.1. The number of oxime groups is 1. The molecule has 1 fully saturated rings. The van der Waals surface area contributed by atoms with Crippen molar-refractivity contribution in [1.82, 2.24) is 25.4 Å². The number of carbonyl (C=O) groups is 4. The van der Waals surface area contributed by atoms with Gasteiger partial charge in [-0.25, -0.2) is 9.78 Å². The van der Waals surface area contributed by atoms with Gasteiger partial charge < -0.3 is 26.3 Å². The quantitative estimate of drug-likeness (QED) is 0.106. The summed E-state index contributed by atoms with van der Waals surface area (Å²) >= 11 is 4.89. The molecule has 0 saturated carbocycles. The van der Waals surface area contributed by atoms with E-state index in [2.05, 4.69) is 31.0 Å². The maximum absolute atomic E-state index is 13.0. The van der Waals surface area contributed by atoms with E-state index < -0.39 is 29.2 Å². The largest absolute Gasteiger partial charge is 0.477 e. The van der Waals surface area contributed by atoms with Gasteiger partial charge in [-0.2, -0.15) is 0 Å². The first-order valence-corrected chi connectivity index (χ1v) is 14.0. The number of aliphatic carboxylic acids is 1. The van der Waals surface area contributed by atoms with Crippen molar-refractivity contribution in [2.75, 3.05) is 23.9 Å². The van der Waals surface area contributed by atoms with Gasteiger partial charge in [0.15, 0.2) is 15.2 Å². The highest BCUT2D eigenvalue weighted by molar-refractivity contribution is 8.02. The lowest BCUT2D eigenvalue weighted by molar-refractivity contribution is -0.150. The molecule has 1 saturated heterocycles.